The first-order valence-electron chi connectivity index (χ1n) is 12.5. The predicted octanol–water partition coefficient (Wildman–Crippen LogP) is 4.66. The van der Waals surface area contributed by atoms with E-state index >= 15 is 0 Å². The van der Waals surface area contributed by atoms with Crippen LogP contribution in [0.3, 0.4) is 0 Å². The molecule has 5 nitrogen and oxygen atoms in total. The van der Waals surface area contributed by atoms with E-state index in [1.165, 1.54) is 0 Å². The van der Waals surface area contributed by atoms with Crippen LogP contribution in [0.4, 0.5) is 0 Å². The molecule has 31 heavy (non-hydrogen) atoms. The summed E-state index contributed by atoms with van der Waals surface area (Å²) in [5, 5.41) is 19.2. The van der Waals surface area contributed by atoms with E-state index in [-0.39, 0.29) is 34.7 Å². The molecule has 4 rings (SSSR count). The Morgan fingerprint density at radius 1 is 1.16 bits per heavy atom. The fraction of sp³-hybridized carbons (Fsp3) is 0.846. The van der Waals surface area contributed by atoms with Gasteiger partial charge >= 0.3 is 0 Å². The summed E-state index contributed by atoms with van der Waals surface area (Å²) in [7, 11) is 0. The van der Waals surface area contributed by atoms with Gasteiger partial charge in [-0.2, -0.15) is 0 Å². The van der Waals surface area contributed by atoms with Gasteiger partial charge in [0.2, 0.25) is 5.91 Å². The molecule has 0 aromatic heterocycles. The van der Waals surface area contributed by atoms with Crippen LogP contribution in [0.25, 0.3) is 0 Å². The minimum atomic E-state index is -0.311. The quantitative estimate of drug-likeness (QED) is 0.343. The van der Waals surface area contributed by atoms with Crippen molar-refractivity contribution in [1.29, 1.82) is 0 Å². The summed E-state index contributed by atoms with van der Waals surface area (Å²) in [5.74, 6) is 2.13. The van der Waals surface area contributed by atoms with Crippen LogP contribution in [0.1, 0.15) is 85.5 Å². The Morgan fingerprint density at radius 3 is 2.52 bits per heavy atom. The van der Waals surface area contributed by atoms with E-state index in [1.807, 2.05) is 13.0 Å². The van der Waals surface area contributed by atoms with Gasteiger partial charge < -0.3 is 5.11 Å². The summed E-state index contributed by atoms with van der Waals surface area (Å²) in [4.78, 5) is 25.4. The number of aliphatic hydroxyl groups excluding tert-OH is 1. The van der Waals surface area contributed by atoms with Gasteiger partial charge in [0.05, 0.1) is 6.10 Å². The second-order valence-electron chi connectivity index (χ2n) is 11.6. The Hall–Kier alpha value is -1.20. The molecule has 0 saturated heterocycles. The van der Waals surface area contributed by atoms with E-state index in [0.29, 0.717) is 35.9 Å². The van der Waals surface area contributed by atoms with E-state index in [2.05, 4.69) is 20.8 Å². The highest BCUT2D eigenvalue weighted by Gasteiger charge is 2.64. The van der Waals surface area contributed by atoms with Gasteiger partial charge in [0.1, 0.15) is 0 Å². The normalized spacial score (nSPS) is 46.8. The number of ketones is 1. The average Bonchev–Trinajstić information content (AvgIpc) is 3.10. The highest BCUT2D eigenvalue weighted by atomic mass is 16.5. The molecule has 0 radical (unpaired) electrons. The van der Waals surface area contributed by atoms with Crippen molar-refractivity contribution in [2.75, 3.05) is 0 Å². The van der Waals surface area contributed by atoms with Crippen molar-refractivity contribution in [3.05, 3.63) is 11.6 Å². The Labute approximate surface area is 187 Å². The number of amides is 1. The summed E-state index contributed by atoms with van der Waals surface area (Å²) in [6, 6.07) is 0. The lowest BCUT2D eigenvalue weighted by molar-refractivity contribution is -0.150. The molecule has 9 atom stereocenters. The van der Waals surface area contributed by atoms with E-state index in [4.69, 9.17) is 5.21 Å². The predicted molar refractivity (Wildman–Crippen MR) is 119 cm³/mol. The van der Waals surface area contributed by atoms with Gasteiger partial charge in [-0.1, -0.05) is 26.8 Å². The average molecular weight is 432 g/mol. The van der Waals surface area contributed by atoms with Crippen LogP contribution < -0.4 is 5.48 Å². The zero-order chi connectivity index (χ0) is 22.6. The maximum atomic E-state index is 13.9. The second kappa shape index (κ2) is 8.30. The number of hydrogen-bond donors (Lipinski definition) is 3. The Kier molecular flexibility index (Phi) is 6.15. The molecule has 0 aliphatic heterocycles. The first kappa shape index (κ1) is 23.0. The molecule has 4 saturated carbocycles. The molecule has 5 heteroatoms. The number of carbonyl (C=O) groups excluding carboxylic acids is 2. The smallest absolute Gasteiger partial charge is 0.243 e. The number of nitrogens with one attached hydrogen (secondary N) is 1. The van der Waals surface area contributed by atoms with Crippen LogP contribution in [0.15, 0.2) is 11.6 Å². The molecule has 0 spiro atoms. The summed E-state index contributed by atoms with van der Waals surface area (Å²) < 4.78 is 0. The zero-order valence-electron chi connectivity index (χ0n) is 19.7. The number of aliphatic hydroxyl groups is 1. The lowest BCUT2D eigenvalue weighted by Crippen LogP contribution is -2.58. The summed E-state index contributed by atoms with van der Waals surface area (Å²) in [5.41, 5.74) is 3.00. The van der Waals surface area contributed by atoms with Gasteiger partial charge in [-0.05, 0) is 104 Å². The van der Waals surface area contributed by atoms with Crippen LogP contribution in [0.5, 0.6) is 0 Å². The van der Waals surface area contributed by atoms with Gasteiger partial charge in [0.15, 0.2) is 5.78 Å². The fourth-order valence-electron chi connectivity index (χ4n) is 8.78. The SMILES string of the molecule is C/C=C1/C(=O)C2C3CC[C@H]([C@H](C)CCC(=O)NO)[C@@]3(C)CCC2[C@@]2(C)CC[C@@H](O)C[C@@H]12. The molecule has 0 bridgehead atoms. The molecular formula is C26H41NO4. The van der Waals surface area contributed by atoms with Crippen LogP contribution >= 0.6 is 0 Å². The van der Waals surface area contributed by atoms with E-state index in [1.54, 1.807) is 5.48 Å². The third-order valence-electron chi connectivity index (χ3n) is 10.4. The molecule has 4 aliphatic carbocycles. The number of fused-ring (bicyclic) bond motifs is 5. The zero-order valence-corrected chi connectivity index (χ0v) is 19.7. The lowest BCUT2D eigenvalue weighted by atomic mass is 9.43. The molecule has 0 aromatic rings. The molecule has 0 aromatic carbocycles. The molecule has 174 valence electrons. The molecule has 3 unspecified atom stereocenters. The largest absolute Gasteiger partial charge is 0.393 e. The minimum absolute atomic E-state index is 0.111. The van der Waals surface area contributed by atoms with Gasteiger partial charge in [-0.25, -0.2) is 5.48 Å². The highest BCUT2D eigenvalue weighted by Crippen LogP contribution is 2.68. The summed E-state index contributed by atoms with van der Waals surface area (Å²) in [6.07, 6.45) is 10.00. The number of rotatable bonds is 4. The van der Waals surface area contributed by atoms with E-state index in [0.717, 1.165) is 56.9 Å². The summed E-state index contributed by atoms with van der Waals surface area (Å²) in [6.45, 7) is 9.07. The van der Waals surface area contributed by atoms with Gasteiger partial charge in [-0.3, -0.25) is 14.8 Å². The van der Waals surface area contributed by atoms with Gasteiger partial charge in [-0.15, -0.1) is 0 Å². The number of carbonyl (C=O) groups is 2. The Bertz CT molecular complexity index is 763. The van der Waals surface area contributed by atoms with Crippen molar-refractivity contribution in [2.24, 2.45) is 46.3 Å². The molecule has 1 amide bonds. The third kappa shape index (κ3) is 3.51. The molecule has 0 heterocycles. The van der Waals surface area contributed by atoms with Crippen molar-refractivity contribution in [1.82, 2.24) is 5.48 Å². The monoisotopic (exact) mass is 431 g/mol. The van der Waals surface area contributed by atoms with Gasteiger partial charge in [0, 0.05) is 12.3 Å². The van der Waals surface area contributed by atoms with Crippen molar-refractivity contribution >= 4 is 11.7 Å². The third-order valence-corrected chi connectivity index (χ3v) is 10.4. The Morgan fingerprint density at radius 2 is 1.84 bits per heavy atom. The van der Waals surface area contributed by atoms with Crippen LogP contribution in [-0.2, 0) is 9.59 Å². The standard InChI is InChI=1S/C26H41NO4/c1-5-17-21-14-16(28)10-12-26(21,4)20-11-13-25(3)18(15(2)6-9-22(29)27-31)7-8-19(25)23(20)24(17)30/h5,15-16,18-21,23,28,31H,6-14H2,1-4H3,(H,27,29)/b17-5+/t15-,16-,18-,19?,20?,21+,23?,25-,26-/m1/s1. The lowest BCUT2D eigenvalue weighted by Gasteiger charge is -2.61. The minimum Gasteiger partial charge on any atom is -0.393 e. The molecular weight excluding hydrogens is 390 g/mol. The van der Waals surface area contributed by atoms with Crippen LogP contribution in [-0.4, -0.2) is 28.1 Å². The van der Waals surface area contributed by atoms with Crippen molar-refractivity contribution in [2.45, 2.75) is 91.6 Å². The molecule has 4 fully saturated rings. The number of Topliss-reactive ketones (excluding diaryl/α,β-unsaturated/α-hetero) is 1. The van der Waals surface area contributed by atoms with E-state index < -0.39 is 0 Å². The molecule has 4 aliphatic rings. The maximum absolute atomic E-state index is 13.9. The first-order valence-corrected chi connectivity index (χ1v) is 12.5. The van der Waals surface area contributed by atoms with Gasteiger partial charge in [0.25, 0.3) is 0 Å². The molecule has 3 N–H and O–H groups in total. The highest BCUT2D eigenvalue weighted by molar-refractivity contribution is 5.99. The van der Waals surface area contributed by atoms with Crippen molar-refractivity contribution < 1.29 is 19.9 Å². The fourth-order valence-corrected chi connectivity index (χ4v) is 8.78. The maximum Gasteiger partial charge on any atom is 0.243 e. The first-order chi connectivity index (χ1) is 14.7. The second-order valence-corrected chi connectivity index (χ2v) is 11.6. The number of hydroxylamine groups is 1. The topological polar surface area (TPSA) is 86.6 Å². The summed E-state index contributed by atoms with van der Waals surface area (Å²) >= 11 is 0. The van der Waals surface area contributed by atoms with Crippen molar-refractivity contribution in [3.63, 3.8) is 0 Å². The van der Waals surface area contributed by atoms with Crippen LogP contribution in [0.2, 0.25) is 0 Å². The van der Waals surface area contributed by atoms with E-state index in [9.17, 15) is 14.7 Å². The van der Waals surface area contributed by atoms with Crippen LogP contribution in [0, 0.1) is 46.3 Å². The number of hydrogen-bond acceptors (Lipinski definition) is 4. The van der Waals surface area contributed by atoms with Crippen molar-refractivity contribution in [3.8, 4) is 0 Å². The Balaban J connectivity index is 1.61. The number of allylic oxidation sites excluding steroid dienone is 2.